The van der Waals surface area contributed by atoms with Crippen molar-refractivity contribution in [2.24, 2.45) is 0 Å². The molecule has 0 radical (unpaired) electrons. The lowest BCUT2D eigenvalue weighted by Crippen LogP contribution is -2.07. The van der Waals surface area contributed by atoms with Crippen molar-refractivity contribution in [3.63, 3.8) is 0 Å². The summed E-state index contributed by atoms with van der Waals surface area (Å²) < 4.78 is 15.2. The first-order chi connectivity index (χ1) is 6.74. The van der Waals surface area contributed by atoms with Gasteiger partial charge in [-0.1, -0.05) is 6.07 Å². The van der Waals surface area contributed by atoms with Gasteiger partial charge in [0.2, 0.25) is 0 Å². The molecule has 0 bridgehead atoms. The Morgan fingerprint density at radius 2 is 2.21 bits per heavy atom. The number of aromatic nitrogens is 1. The number of rotatable bonds is 2. The van der Waals surface area contributed by atoms with Crippen molar-refractivity contribution < 1.29 is 9.50 Å². The predicted octanol–water partition coefficient (Wildman–Crippen LogP) is 2.33. The second kappa shape index (κ2) is 3.42. The molecule has 1 aromatic heterocycles. The third kappa shape index (κ3) is 1.30. The number of aliphatic hydroxyl groups is 1. The summed E-state index contributed by atoms with van der Waals surface area (Å²) in [5.41, 5.74) is 0.826. The standard InChI is InChI=1S/C11H12FNO/c1-8(7-14)13-6-5-9-10(12)3-2-4-11(9)13/h2-6,8,14H,7H2,1H3. The molecule has 0 saturated carbocycles. The molecule has 0 aliphatic rings. The van der Waals surface area contributed by atoms with E-state index in [9.17, 15) is 4.39 Å². The van der Waals surface area contributed by atoms with E-state index in [0.29, 0.717) is 5.39 Å². The Labute approximate surface area is 81.6 Å². The summed E-state index contributed by atoms with van der Waals surface area (Å²) in [5.74, 6) is -0.216. The van der Waals surface area contributed by atoms with Gasteiger partial charge in [-0.25, -0.2) is 4.39 Å². The lowest BCUT2D eigenvalue weighted by Gasteiger charge is -2.11. The van der Waals surface area contributed by atoms with Gasteiger partial charge >= 0.3 is 0 Å². The topological polar surface area (TPSA) is 25.2 Å². The molecule has 0 aliphatic heterocycles. The molecule has 74 valence electrons. The van der Waals surface area contributed by atoms with Gasteiger partial charge in [0.25, 0.3) is 0 Å². The molecule has 0 spiro atoms. The smallest absolute Gasteiger partial charge is 0.132 e. The average molecular weight is 193 g/mol. The molecule has 1 N–H and O–H groups in total. The second-order valence-corrected chi connectivity index (χ2v) is 3.43. The SMILES string of the molecule is CC(CO)n1ccc2c(F)cccc21. The Balaban J connectivity index is 2.63. The number of aliphatic hydroxyl groups excluding tert-OH is 1. The summed E-state index contributed by atoms with van der Waals surface area (Å²) >= 11 is 0. The van der Waals surface area contributed by atoms with Gasteiger partial charge in [-0.2, -0.15) is 0 Å². The fourth-order valence-electron chi connectivity index (χ4n) is 1.62. The fraction of sp³-hybridized carbons (Fsp3) is 0.273. The summed E-state index contributed by atoms with van der Waals surface area (Å²) in [6.07, 6.45) is 1.80. The molecule has 2 rings (SSSR count). The zero-order valence-electron chi connectivity index (χ0n) is 7.94. The first kappa shape index (κ1) is 9.21. The number of nitrogens with zero attached hydrogens (tertiary/aromatic N) is 1. The van der Waals surface area contributed by atoms with Crippen LogP contribution in [0.1, 0.15) is 13.0 Å². The van der Waals surface area contributed by atoms with E-state index in [4.69, 9.17) is 5.11 Å². The van der Waals surface area contributed by atoms with Crippen LogP contribution in [0.25, 0.3) is 10.9 Å². The van der Waals surface area contributed by atoms with Crippen molar-refractivity contribution in [3.05, 3.63) is 36.3 Å². The van der Waals surface area contributed by atoms with Crippen LogP contribution in [0.4, 0.5) is 4.39 Å². The van der Waals surface area contributed by atoms with E-state index in [0.717, 1.165) is 5.52 Å². The number of halogens is 1. The van der Waals surface area contributed by atoms with Gasteiger partial charge in [-0.15, -0.1) is 0 Å². The fourth-order valence-corrected chi connectivity index (χ4v) is 1.62. The second-order valence-electron chi connectivity index (χ2n) is 3.43. The molecule has 1 aromatic carbocycles. The molecule has 0 saturated heterocycles. The zero-order chi connectivity index (χ0) is 10.1. The van der Waals surface area contributed by atoms with Gasteiger partial charge in [0.15, 0.2) is 0 Å². The molecule has 0 fully saturated rings. The minimum Gasteiger partial charge on any atom is -0.394 e. The van der Waals surface area contributed by atoms with Crippen molar-refractivity contribution in [2.75, 3.05) is 6.61 Å². The van der Waals surface area contributed by atoms with Crippen molar-refractivity contribution >= 4 is 10.9 Å². The van der Waals surface area contributed by atoms with E-state index in [1.807, 2.05) is 17.6 Å². The van der Waals surface area contributed by atoms with Crippen molar-refractivity contribution in [1.82, 2.24) is 4.57 Å². The Bertz CT molecular complexity index is 449. The van der Waals surface area contributed by atoms with Crippen LogP contribution in [-0.4, -0.2) is 16.3 Å². The first-order valence-corrected chi connectivity index (χ1v) is 4.60. The molecule has 2 nitrogen and oxygen atoms in total. The van der Waals surface area contributed by atoms with Gasteiger partial charge in [-0.3, -0.25) is 0 Å². The maximum absolute atomic E-state index is 13.3. The maximum atomic E-state index is 13.3. The van der Waals surface area contributed by atoms with Crippen LogP contribution in [0.15, 0.2) is 30.5 Å². The molecule has 0 amide bonds. The lowest BCUT2D eigenvalue weighted by molar-refractivity contribution is 0.241. The maximum Gasteiger partial charge on any atom is 0.132 e. The number of hydrogen-bond acceptors (Lipinski definition) is 1. The molecule has 1 heterocycles. The highest BCUT2D eigenvalue weighted by atomic mass is 19.1. The summed E-state index contributed by atoms with van der Waals surface area (Å²) in [7, 11) is 0. The monoisotopic (exact) mass is 193 g/mol. The van der Waals surface area contributed by atoms with E-state index >= 15 is 0 Å². The zero-order valence-corrected chi connectivity index (χ0v) is 7.94. The van der Waals surface area contributed by atoms with Crippen molar-refractivity contribution in [3.8, 4) is 0 Å². The number of hydrogen-bond donors (Lipinski definition) is 1. The van der Waals surface area contributed by atoms with Crippen LogP contribution < -0.4 is 0 Å². The summed E-state index contributed by atoms with van der Waals surface area (Å²) in [5, 5.41) is 9.63. The Morgan fingerprint density at radius 3 is 2.93 bits per heavy atom. The van der Waals surface area contributed by atoms with Crippen LogP contribution in [0.2, 0.25) is 0 Å². The normalized spacial score (nSPS) is 13.4. The van der Waals surface area contributed by atoms with Gasteiger partial charge in [0, 0.05) is 11.6 Å². The Morgan fingerprint density at radius 1 is 1.43 bits per heavy atom. The highest BCUT2D eigenvalue weighted by Gasteiger charge is 2.08. The van der Waals surface area contributed by atoms with Gasteiger partial charge in [0.1, 0.15) is 5.82 Å². The molecule has 0 aliphatic carbocycles. The average Bonchev–Trinajstić information content (AvgIpc) is 2.62. The largest absolute Gasteiger partial charge is 0.394 e. The van der Waals surface area contributed by atoms with Crippen LogP contribution in [0, 0.1) is 5.82 Å². The Kier molecular flexibility index (Phi) is 2.25. The summed E-state index contributed by atoms with van der Waals surface area (Å²) in [6, 6.07) is 6.69. The van der Waals surface area contributed by atoms with E-state index in [1.54, 1.807) is 18.3 Å². The van der Waals surface area contributed by atoms with Gasteiger partial charge in [0.05, 0.1) is 18.2 Å². The van der Waals surface area contributed by atoms with Crippen LogP contribution in [0.5, 0.6) is 0 Å². The van der Waals surface area contributed by atoms with Gasteiger partial charge in [-0.05, 0) is 25.1 Å². The quantitative estimate of drug-likeness (QED) is 0.778. The highest BCUT2D eigenvalue weighted by Crippen LogP contribution is 2.21. The number of fused-ring (bicyclic) bond motifs is 1. The third-order valence-corrected chi connectivity index (χ3v) is 2.45. The minimum absolute atomic E-state index is 0.0192. The van der Waals surface area contributed by atoms with E-state index in [1.165, 1.54) is 6.07 Å². The molecular weight excluding hydrogens is 181 g/mol. The molecular formula is C11H12FNO. The van der Waals surface area contributed by atoms with Crippen LogP contribution >= 0.6 is 0 Å². The first-order valence-electron chi connectivity index (χ1n) is 4.60. The van der Waals surface area contributed by atoms with E-state index < -0.39 is 0 Å². The third-order valence-electron chi connectivity index (χ3n) is 2.45. The van der Waals surface area contributed by atoms with Crippen molar-refractivity contribution in [1.29, 1.82) is 0 Å². The predicted molar refractivity (Wildman–Crippen MR) is 53.7 cm³/mol. The molecule has 3 heteroatoms. The Hall–Kier alpha value is -1.35. The minimum atomic E-state index is -0.216. The summed E-state index contributed by atoms with van der Waals surface area (Å²) in [4.78, 5) is 0. The van der Waals surface area contributed by atoms with E-state index in [2.05, 4.69) is 0 Å². The van der Waals surface area contributed by atoms with Crippen LogP contribution in [0.3, 0.4) is 0 Å². The molecule has 1 atom stereocenters. The van der Waals surface area contributed by atoms with Crippen molar-refractivity contribution in [2.45, 2.75) is 13.0 Å². The molecule has 14 heavy (non-hydrogen) atoms. The molecule has 2 aromatic rings. The summed E-state index contributed by atoms with van der Waals surface area (Å²) in [6.45, 7) is 1.95. The lowest BCUT2D eigenvalue weighted by atomic mass is 10.2. The molecule has 1 unspecified atom stereocenters. The van der Waals surface area contributed by atoms with Gasteiger partial charge < -0.3 is 9.67 Å². The highest BCUT2D eigenvalue weighted by molar-refractivity contribution is 5.80. The van der Waals surface area contributed by atoms with Crippen LogP contribution in [-0.2, 0) is 0 Å². The van der Waals surface area contributed by atoms with E-state index in [-0.39, 0.29) is 18.5 Å². The number of benzene rings is 1.